The van der Waals surface area contributed by atoms with E-state index in [0.717, 1.165) is 11.0 Å². The van der Waals surface area contributed by atoms with Gasteiger partial charge in [0, 0.05) is 11.1 Å². The molecule has 0 unspecified atom stereocenters. The van der Waals surface area contributed by atoms with Crippen LogP contribution in [0.5, 0.6) is 0 Å². The van der Waals surface area contributed by atoms with Gasteiger partial charge in [-0.2, -0.15) is 0 Å². The molecule has 0 saturated heterocycles. The maximum Gasteiger partial charge on any atom is 0.264 e. The zero-order valence-electron chi connectivity index (χ0n) is 9.40. The van der Waals surface area contributed by atoms with Gasteiger partial charge < -0.3 is 4.98 Å². The maximum atomic E-state index is 12.9. The molecule has 1 heterocycles. The van der Waals surface area contributed by atoms with Gasteiger partial charge in [-0.05, 0) is 12.1 Å². The monoisotopic (exact) mass is 244 g/mol. The minimum Gasteiger partial charge on any atom is -0.338 e. The average molecular weight is 244 g/mol. The van der Waals surface area contributed by atoms with Gasteiger partial charge >= 0.3 is 0 Å². The van der Waals surface area contributed by atoms with Crippen molar-refractivity contribution < 1.29 is 8.78 Å². The molecule has 0 amide bonds. The molecule has 4 heteroatoms. The molecule has 1 aromatic heterocycles. The van der Waals surface area contributed by atoms with E-state index >= 15 is 0 Å². The fourth-order valence-corrected chi connectivity index (χ4v) is 1.98. The van der Waals surface area contributed by atoms with Crippen molar-refractivity contribution >= 4 is 11.0 Å². The third kappa shape index (κ3) is 1.76. The SMILES string of the molecule is FC(F)c1ccccc1-c1nc2ccccc2[nH]1. The van der Waals surface area contributed by atoms with Crippen molar-refractivity contribution in [1.82, 2.24) is 9.97 Å². The number of imidazole rings is 1. The number of hydrogen-bond acceptors (Lipinski definition) is 1. The first-order valence-electron chi connectivity index (χ1n) is 5.58. The molecule has 90 valence electrons. The Kier molecular flexibility index (Phi) is 2.55. The summed E-state index contributed by atoms with van der Waals surface area (Å²) in [5.41, 5.74) is 2.06. The van der Waals surface area contributed by atoms with Crippen LogP contribution in [0.1, 0.15) is 12.0 Å². The topological polar surface area (TPSA) is 28.7 Å². The lowest BCUT2D eigenvalue weighted by atomic mass is 10.1. The van der Waals surface area contributed by atoms with E-state index in [0.29, 0.717) is 11.4 Å². The number of aromatic amines is 1. The summed E-state index contributed by atoms with van der Waals surface area (Å²) >= 11 is 0. The number of nitrogens with one attached hydrogen (secondary N) is 1. The van der Waals surface area contributed by atoms with E-state index in [1.165, 1.54) is 6.07 Å². The number of nitrogens with zero attached hydrogens (tertiary/aromatic N) is 1. The Labute approximate surface area is 102 Å². The molecule has 0 bridgehead atoms. The van der Waals surface area contributed by atoms with Gasteiger partial charge in [0.05, 0.1) is 11.0 Å². The molecule has 0 aliphatic heterocycles. The molecule has 2 aromatic carbocycles. The quantitative estimate of drug-likeness (QED) is 0.720. The lowest BCUT2D eigenvalue weighted by molar-refractivity contribution is 0.152. The van der Waals surface area contributed by atoms with Gasteiger partial charge in [-0.1, -0.05) is 36.4 Å². The van der Waals surface area contributed by atoms with Crippen LogP contribution >= 0.6 is 0 Å². The number of rotatable bonds is 2. The number of alkyl halides is 2. The van der Waals surface area contributed by atoms with Crippen LogP contribution in [-0.2, 0) is 0 Å². The minimum atomic E-state index is -2.51. The molecule has 0 fully saturated rings. The van der Waals surface area contributed by atoms with Gasteiger partial charge in [0.15, 0.2) is 0 Å². The minimum absolute atomic E-state index is 0.00319. The Bertz CT molecular complexity index is 656. The molecule has 3 aromatic rings. The first-order chi connectivity index (χ1) is 8.75. The normalized spacial score (nSPS) is 11.3. The summed E-state index contributed by atoms with van der Waals surface area (Å²) < 4.78 is 25.9. The van der Waals surface area contributed by atoms with Crippen LogP contribution in [0.15, 0.2) is 48.5 Å². The van der Waals surface area contributed by atoms with Gasteiger partial charge in [0.1, 0.15) is 5.82 Å². The fraction of sp³-hybridized carbons (Fsp3) is 0.0714. The third-order valence-electron chi connectivity index (χ3n) is 2.84. The average Bonchev–Trinajstić information content (AvgIpc) is 2.82. The highest BCUT2D eigenvalue weighted by atomic mass is 19.3. The number of hydrogen-bond donors (Lipinski definition) is 1. The van der Waals surface area contributed by atoms with E-state index in [1.807, 2.05) is 24.3 Å². The fourth-order valence-electron chi connectivity index (χ4n) is 1.98. The molecule has 1 N–H and O–H groups in total. The maximum absolute atomic E-state index is 12.9. The Balaban J connectivity index is 2.20. The van der Waals surface area contributed by atoms with Crippen LogP contribution in [0, 0.1) is 0 Å². The van der Waals surface area contributed by atoms with E-state index < -0.39 is 6.43 Å². The number of benzene rings is 2. The summed E-state index contributed by atoms with van der Waals surface area (Å²) in [7, 11) is 0. The van der Waals surface area contributed by atoms with E-state index in [9.17, 15) is 8.78 Å². The van der Waals surface area contributed by atoms with Crippen molar-refractivity contribution in [2.45, 2.75) is 6.43 Å². The van der Waals surface area contributed by atoms with Gasteiger partial charge in [0.25, 0.3) is 6.43 Å². The molecular formula is C14H10F2N2. The zero-order valence-corrected chi connectivity index (χ0v) is 9.40. The summed E-state index contributed by atoms with van der Waals surface area (Å²) in [5, 5.41) is 0. The van der Waals surface area contributed by atoms with Crippen LogP contribution in [0.2, 0.25) is 0 Å². The largest absolute Gasteiger partial charge is 0.338 e. The lowest BCUT2D eigenvalue weighted by Gasteiger charge is -2.05. The molecule has 3 rings (SSSR count). The molecule has 0 aliphatic carbocycles. The molecule has 18 heavy (non-hydrogen) atoms. The molecule has 0 saturated carbocycles. The highest BCUT2D eigenvalue weighted by Crippen LogP contribution is 2.30. The lowest BCUT2D eigenvalue weighted by Crippen LogP contribution is -1.90. The zero-order chi connectivity index (χ0) is 12.5. The van der Waals surface area contributed by atoms with E-state index in [1.54, 1.807) is 18.2 Å². The number of fused-ring (bicyclic) bond motifs is 1. The third-order valence-corrected chi connectivity index (χ3v) is 2.84. The molecule has 0 aliphatic rings. The predicted octanol–water partition coefficient (Wildman–Crippen LogP) is 4.17. The van der Waals surface area contributed by atoms with Crippen molar-refractivity contribution in [2.24, 2.45) is 0 Å². The first-order valence-corrected chi connectivity index (χ1v) is 5.58. The molecule has 0 atom stereocenters. The summed E-state index contributed by atoms with van der Waals surface area (Å²) in [6, 6.07) is 13.9. The van der Waals surface area contributed by atoms with Gasteiger partial charge in [-0.25, -0.2) is 13.8 Å². The summed E-state index contributed by atoms with van der Waals surface area (Å²) in [6.07, 6.45) is -2.51. The molecular weight excluding hydrogens is 234 g/mol. The Morgan fingerprint density at radius 1 is 0.944 bits per heavy atom. The number of aromatic nitrogens is 2. The van der Waals surface area contributed by atoms with E-state index in [2.05, 4.69) is 9.97 Å². The smallest absolute Gasteiger partial charge is 0.264 e. The highest BCUT2D eigenvalue weighted by Gasteiger charge is 2.15. The highest BCUT2D eigenvalue weighted by molar-refractivity contribution is 5.79. The van der Waals surface area contributed by atoms with Crippen LogP contribution < -0.4 is 0 Å². The second-order valence-electron chi connectivity index (χ2n) is 3.99. The van der Waals surface area contributed by atoms with Crippen molar-refractivity contribution in [3.8, 4) is 11.4 Å². The van der Waals surface area contributed by atoms with Crippen molar-refractivity contribution in [3.63, 3.8) is 0 Å². The molecule has 0 radical (unpaired) electrons. The summed E-state index contributed by atoms with van der Waals surface area (Å²) in [6.45, 7) is 0. The van der Waals surface area contributed by atoms with Gasteiger partial charge in [0.2, 0.25) is 0 Å². The van der Waals surface area contributed by atoms with Gasteiger partial charge in [-0.15, -0.1) is 0 Å². The van der Waals surface area contributed by atoms with Crippen LogP contribution in [0.25, 0.3) is 22.4 Å². The Hall–Kier alpha value is -2.23. The van der Waals surface area contributed by atoms with Crippen LogP contribution in [-0.4, -0.2) is 9.97 Å². The summed E-state index contributed by atoms with van der Waals surface area (Å²) in [4.78, 5) is 7.40. The number of H-pyrrole nitrogens is 1. The van der Waals surface area contributed by atoms with Crippen molar-refractivity contribution in [1.29, 1.82) is 0 Å². The standard InChI is InChI=1S/C14H10F2N2/c15-13(16)9-5-1-2-6-10(9)14-17-11-7-3-4-8-12(11)18-14/h1-8,13H,(H,17,18). The van der Waals surface area contributed by atoms with E-state index in [-0.39, 0.29) is 5.56 Å². The van der Waals surface area contributed by atoms with E-state index in [4.69, 9.17) is 0 Å². The van der Waals surface area contributed by atoms with Crippen LogP contribution in [0.3, 0.4) is 0 Å². The second-order valence-corrected chi connectivity index (χ2v) is 3.99. The Morgan fingerprint density at radius 2 is 1.67 bits per heavy atom. The number of para-hydroxylation sites is 2. The summed E-state index contributed by atoms with van der Waals surface area (Å²) in [5.74, 6) is 0.479. The number of halogens is 2. The van der Waals surface area contributed by atoms with Crippen molar-refractivity contribution in [3.05, 3.63) is 54.1 Å². The van der Waals surface area contributed by atoms with Crippen molar-refractivity contribution in [2.75, 3.05) is 0 Å². The van der Waals surface area contributed by atoms with Gasteiger partial charge in [-0.3, -0.25) is 0 Å². The first kappa shape index (κ1) is 10.9. The second kappa shape index (κ2) is 4.22. The Morgan fingerprint density at radius 3 is 2.44 bits per heavy atom. The molecule has 0 spiro atoms. The molecule has 2 nitrogen and oxygen atoms in total. The predicted molar refractivity (Wildman–Crippen MR) is 66.5 cm³/mol. The van der Waals surface area contributed by atoms with Crippen LogP contribution in [0.4, 0.5) is 8.78 Å².